The molecule has 1 unspecified atom stereocenters. The summed E-state index contributed by atoms with van der Waals surface area (Å²) >= 11 is 5.90. The molecule has 86 valence electrons. The van der Waals surface area contributed by atoms with E-state index in [2.05, 4.69) is 41.4 Å². The summed E-state index contributed by atoms with van der Waals surface area (Å²) in [6.07, 6.45) is 0. The van der Waals surface area contributed by atoms with Gasteiger partial charge in [0.25, 0.3) is 0 Å². The van der Waals surface area contributed by atoms with E-state index in [1.807, 2.05) is 12.1 Å². The van der Waals surface area contributed by atoms with Crippen molar-refractivity contribution >= 4 is 17.4 Å². The summed E-state index contributed by atoms with van der Waals surface area (Å²) in [6.45, 7) is 1.81. The topological polar surface area (TPSA) is 27.6 Å². The van der Waals surface area contributed by atoms with Crippen LogP contribution < -0.4 is 5.32 Å². The van der Waals surface area contributed by atoms with Crippen LogP contribution in [0.25, 0.3) is 0 Å². The minimum absolute atomic E-state index is 0.194. The average Bonchev–Trinajstić information content (AvgIpc) is 2.74. The van der Waals surface area contributed by atoms with Crippen molar-refractivity contribution in [2.24, 2.45) is 4.99 Å². The molecule has 1 N–H and O–H groups in total. The molecule has 1 heterocycles. The predicted octanol–water partition coefficient (Wildman–Crippen LogP) is 1.94. The van der Waals surface area contributed by atoms with Crippen molar-refractivity contribution in [1.29, 1.82) is 0 Å². The molecule has 1 aliphatic rings. The quantitative estimate of drug-likeness (QED) is 0.870. The summed E-state index contributed by atoms with van der Waals surface area (Å²) in [5.41, 5.74) is 1.21. The number of nitrogens with zero attached hydrogens (tertiary/aromatic N) is 2. The van der Waals surface area contributed by atoms with Gasteiger partial charge in [0.05, 0.1) is 12.6 Å². The third-order valence-electron chi connectivity index (χ3n) is 2.66. The van der Waals surface area contributed by atoms with E-state index >= 15 is 0 Å². The van der Waals surface area contributed by atoms with Crippen LogP contribution in [-0.4, -0.2) is 37.9 Å². The molecule has 16 heavy (non-hydrogen) atoms. The third-order valence-corrected chi connectivity index (χ3v) is 2.91. The van der Waals surface area contributed by atoms with Gasteiger partial charge in [-0.15, -0.1) is 0 Å². The first-order chi connectivity index (χ1) is 7.68. The Morgan fingerprint density at radius 2 is 2.00 bits per heavy atom. The molecule has 0 spiro atoms. The lowest BCUT2D eigenvalue weighted by Crippen LogP contribution is -2.34. The van der Waals surface area contributed by atoms with Gasteiger partial charge >= 0.3 is 0 Å². The van der Waals surface area contributed by atoms with Crippen molar-refractivity contribution in [2.45, 2.75) is 6.04 Å². The van der Waals surface area contributed by atoms with Crippen LogP contribution in [0, 0.1) is 0 Å². The summed E-state index contributed by atoms with van der Waals surface area (Å²) in [4.78, 5) is 6.64. The van der Waals surface area contributed by atoms with Crippen molar-refractivity contribution in [3.8, 4) is 0 Å². The van der Waals surface area contributed by atoms with Crippen LogP contribution in [0.4, 0.5) is 0 Å². The molecule has 1 aromatic rings. The zero-order valence-corrected chi connectivity index (χ0v) is 10.3. The molecule has 0 bridgehead atoms. The van der Waals surface area contributed by atoms with Crippen LogP contribution in [0.3, 0.4) is 0 Å². The molecule has 1 atom stereocenters. The van der Waals surface area contributed by atoms with Gasteiger partial charge in [-0.3, -0.25) is 9.89 Å². The minimum atomic E-state index is 0.194. The van der Waals surface area contributed by atoms with E-state index in [9.17, 15) is 0 Å². The van der Waals surface area contributed by atoms with Crippen molar-refractivity contribution < 1.29 is 0 Å². The zero-order chi connectivity index (χ0) is 11.5. The van der Waals surface area contributed by atoms with Gasteiger partial charge in [-0.2, -0.15) is 0 Å². The van der Waals surface area contributed by atoms with E-state index in [1.165, 1.54) is 5.56 Å². The first kappa shape index (κ1) is 11.4. The third kappa shape index (κ3) is 2.36. The summed E-state index contributed by atoms with van der Waals surface area (Å²) in [5, 5.41) is 4.09. The molecule has 0 saturated carbocycles. The van der Waals surface area contributed by atoms with Crippen LogP contribution in [0.1, 0.15) is 11.6 Å². The molecule has 4 heteroatoms. The summed E-state index contributed by atoms with van der Waals surface area (Å²) in [6, 6.07) is 8.14. The molecule has 0 fully saturated rings. The highest BCUT2D eigenvalue weighted by Crippen LogP contribution is 2.22. The fraction of sp³-hybridized carbons (Fsp3) is 0.417. The molecule has 2 rings (SSSR count). The number of amidine groups is 1. The Morgan fingerprint density at radius 3 is 2.50 bits per heavy atom. The predicted molar refractivity (Wildman–Crippen MR) is 68.2 cm³/mol. The first-order valence-electron chi connectivity index (χ1n) is 5.38. The highest BCUT2D eigenvalue weighted by Gasteiger charge is 2.22. The van der Waals surface area contributed by atoms with Crippen molar-refractivity contribution in [1.82, 2.24) is 10.2 Å². The lowest BCUT2D eigenvalue weighted by molar-refractivity contribution is 0.365. The fourth-order valence-corrected chi connectivity index (χ4v) is 2.07. The molecule has 0 aromatic heterocycles. The SMILES string of the molecule is CN(C)C(C1=NCCN1)c1ccc(Cl)cc1. The van der Waals surface area contributed by atoms with Gasteiger partial charge in [0.1, 0.15) is 5.84 Å². The molecule has 3 nitrogen and oxygen atoms in total. The Balaban J connectivity index is 2.28. The number of halogens is 1. The second-order valence-corrected chi connectivity index (χ2v) is 4.55. The Hall–Kier alpha value is -1.06. The standard InChI is InChI=1S/C12H16ClN3/c1-16(2)11(12-14-7-8-15-12)9-3-5-10(13)6-4-9/h3-6,11H,7-8H2,1-2H3,(H,14,15). The van der Waals surface area contributed by atoms with Gasteiger partial charge in [-0.05, 0) is 31.8 Å². The summed E-state index contributed by atoms with van der Waals surface area (Å²) < 4.78 is 0. The largest absolute Gasteiger partial charge is 0.370 e. The molecule has 1 aromatic carbocycles. The van der Waals surface area contributed by atoms with Crippen LogP contribution in [0.5, 0.6) is 0 Å². The maximum atomic E-state index is 5.90. The zero-order valence-electron chi connectivity index (χ0n) is 9.57. The maximum Gasteiger partial charge on any atom is 0.119 e. The minimum Gasteiger partial charge on any atom is -0.370 e. The van der Waals surface area contributed by atoms with Gasteiger partial charge in [-0.25, -0.2) is 0 Å². The number of benzene rings is 1. The van der Waals surface area contributed by atoms with Crippen LogP contribution in [0.15, 0.2) is 29.3 Å². The number of aliphatic imine (C=N–C) groups is 1. The average molecular weight is 238 g/mol. The highest BCUT2D eigenvalue weighted by molar-refractivity contribution is 6.30. The normalized spacial score (nSPS) is 17.1. The molecule has 0 aliphatic carbocycles. The number of likely N-dealkylation sites (N-methyl/N-ethyl adjacent to an activating group) is 1. The van der Waals surface area contributed by atoms with Crippen molar-refractivity contribution in [3.63, 3.8) is 0 Å². The summed E-state index contributed by atoms with van der Waals surface area (Å²) in [5.74, 6) is 1.05. The van der Waals surface area contributed by atoms with Gasteiger partial charge in [0.2, 0.25) is 0 Å². The lowest BCUT2D eigenvalue weighted by Gasteiger charge is -2.25. The molecule has 0 saturated heterocycles. The van der Waals surface area contributed by atoms with Crippen LogP contribution in [-0.2, 0) is 0 Å². The monoisotopic (exact) mass is 237 g/mol. The Morgan fingerprint density at radius 1 is 1.31 bits per heavy atom. The van der Waals surface area contributed by atoms with Gasteiger partial charge < -0.3 is 5.32 Å². The van der Waals surface area contributed by atoms with E-state index in [-0.39, 0.29) is 6.04 Å². The highest BCUT2D eigenvalue weighted by atomic mass is 35.5. The van der Waals surface area contributed by atoms with Crippen LogP contribution >= 0.6 is 11.6 Å². The molecule has 0 amide bonds. The Bertz CT molecular complexity index is 384. The van der Waals surface area contributed by atoms with Gasteiger partial charge in [-0.1, -0.05) is 23.7 Å². The van der Waals surface area contributed by atoms with E-state index in [0.29, 0.717) is 0 Å². The molecular weight excluding hydrogens is 222 g/mol. The second-order valence-electron chi connectivity index (χ2n) is 4.11. The number of rotatable bonds is 3. The fourth-order valence-electron chi connectivity index (χ4n) is 1.95. The summed E-state index contributed by atoms with van der Waals surface area (Å²) in [7, 11) is 4.11. The van der Waals surface area contributed by atoms with Crippen LogP contribution in [0.2, 0.25) is 5.02 Å². The Kier molecular flexibility index (Phi) is 3.46. The van der Waals surface area contributed by atoms with Gasteiger partial charge in [0.15, 0.2) is 0 Å². The van der Waals surface area contributed by atoms with Gasteiger partial charge in [0, 0.05) is 11.6 Å². The van der Waals surface area contributed by atoms with Crippen molar-refractivity contribution in [3.05, 3.63) is 34.9 Å². The number of hydrogen-bond acceptors (Lipinski definition) is 3. The Labute approximate surface area is 101 Å². The number of nitrogens with one attached hydrogen (secondary N) is 1. The van der Waals surface area contributed by atoms with Crippen molar-refractivity contribution in [2.75, 3.05) is 27.2 Å². The smallest absolute Gasteiger partial charge is 0.119 e. The molecule has 1 aliphatic heterocycles. The van der Waals surface area contributed by atoms with E-state index in [0.717, 1.165) is 23.9 Å². The first-order valence-corrected chi connectivity index (χ1v) is 5.76. The maximum absolute atomic E-state index is 5.90. The molecular formula is C12H16ClN3. The second kappa shape index (κ2) is 4.85. The van der Waals surface area contributed by atoms with E-state index in [1.54, 1.807) is 0 Å². The molecule has 0 radical (unpaired) electrons. The lowest BCUT2D eigenvalue weighted by atomic mass is 10.1. The van der Waals surface area contributed by atoms with E-state index in [4.69, 9.17) is 11.6 Å². The number of hydrogen-bond donors (Lipinski definition) is 1. The van der Waals surface area contributed by atoms with E-state index < -0.39 is 0 Å².